The molecule has 0 bridgehead atoms. The number of benzene rings is 1. The zero-order valence-corrected chi connectivity index (χ0v) is 8.55. The van der Waals surface area contributed by atoms with Crippen LogP contribution in [0.5, 0.6) is 0 Å². The molecule has 14 heavy (non-hydrogen) atoms. The molecule has 1 aromatic rings. The molecule has 0 saturated carbocycles. The third-order valence-corrected chi connectivity index (χ3v) is 2.73. The number of nitrogens with one attached hydrogen (secondary N) is 1. The first-order valence-corrected chi connectivity index (χ1v) is 5.03. The molecule has 0 fully saturated rings. The maximum absolute atomic E-state index is 13.6. The van der Waals surface area contributed by atoms with Crippen molar-refractivity contribution < 1.29 is 4.39 Å². The molecule has 1 heterocycles. The Labute approximate surface area is 83.7 Å². The SMILES string of the molecule is CCN1c2c(F)cccc2NCC1C. The van der Waals surface area contributed by atoms with E-state index in [-0.39, 0.29) is 5.82 Å². The van der Waals surface area contributed by atoms with Gasteiger partial charge in [0.15, 0.2) is 0 Å². The summed E-state index contributed by atoms with van der Waals surface area (Å²) in [5, 5.41) is 3.24. The van der Waals surface area contributed by atoms with Crippen molar-refractivity contribution in [1.82, 2.24) is 0 Å². The fourth-order valence-electron chi connectivity index (χ4n) is 2.01. The molecule has 1 unspecified atom stereocenters. The molecule has 2 rings (SSSR count). The van der Waals surface area contributed by atoms with E-state index in [2.05, 4.69) is 24.1 Å². The van der Waals surface area contributed by atoms with Crippen molar-refractivity contribution in [1.29, 1.82) is 0 Å². The highest BCUT2D eigenvalue weighted by Gasteiger charge is 2.23. The second-order valence-corrected chi connectivity index (χ2v) is 3.65. The Morgan fingerprint density at radius 3 is 3.07 bits per heavy atom. The zero-order chi connectivity index (χ0) is 10.1. The lowest BCUT2D eigenvalue weighted by Crippen LogP contribution is -2.42. The van der Waals surface area contributed by atoms with Crippen LogP contribution >= 0.6 is 0 Å². The van der Waals surface area contributed by atoms with E-state index in [0.29, 0.717) is 11.7 Å². The average molecular weight is 194 g/mol. The Morgan fingerprint density at radius 1 is 1.57 bits per heavy atom. The number of likely N-dealkylation sites (N-methyl/N-ethyl adjacent to an activating group) is 1. The second-order valence-electron chi connectivity index (χ2n) is 3.65. The molecule has 0 amide bonds. The first-order valence-electron chi connectivity index (χ1n) is 5.03. The molecule has 3 heteroatoms. The summed E-state index contributed by atoms with van der Waals surface area (Å²) in [6.07, 6.45) is 0. The van der Waals surface area contributed by atoms with Crippen molar-refractivity contribution in [2.24, 2.45) is 0 Å². The number of fused-ring (bicyclic) bond motifs is 1. The number of anilines is 2. The van der Waals surface area contributed by atoms with Gasteiger partial charge in [-0.05, 0) is 26.0 Å². The predicted octanol–water partition coefficient (Wildman–Crippen LogP) is 2.47. The van der Waals surface area contributed by atoms with Crippen LogP contribution in [-0.4, -0.2) is 19.1 Å². The summed E-state index contributed by atoms with van der Waals surface area (Å²) in [4.78, 5) is 2.10. The lowest BCUT2D eigenvalue weighted by atomic mass is 10.1. The first kappa shape index (κ1) is 9.31. The molecule has 76 valence electrons. The molecule has 0 saturated heterocycles. The van der Waals surface area contributed by atoms with Crippen LogP contribution in [0.2, 0.25) is 0 Å². The van der Waals surface area contributed by atoms with Gasteiger partial charge in [-0.3, -0.25) is 0 Å². The summed E-state index contributed by atoms with van der Waals surface area (Å²) in [6, 6.07) is 5.53. The van der Waals surface area contributed by atoms with Crippen molar-refractivity contribution in [2.45, 2.75) is 19.9 Å². The van der Waals surface area contributed by atoms with E-state index in [0.717, 1.165) is 18.8 Å². The van der Waals surface area contributed by atoms with Gasteiger partial charge in [0.25, 0.3) is 0 Å². The molecule has 2 nitrogen and oxygen atoms in total. The molecule has 1 atom stereocenters. The fraction of sp³-hybridized carbons (Fsp3) is 0.455. The van der Waals surface area contributed by atoms with E-state index in [1.807, 2.05) is 6.07 Å². The van der Waals surface area contributed by atoms with Gasteiger partial charge in [0.1, 0.15) is 5.82 Å². The fourth-order valence-corrected chi connectivity index (χ4v) is 2.01. The van der Waals surface area contributed by atoms with E-state index in [1.165, 1.54) is 6.07 Å². The van der Waals surface area contributed by atoms with Crippen molar-refractivity contribution in [2.75, 3.05) is 23.3 Å². The van der Waals surface area contributed by atoms with Crippen LogP contribution in [-0.2, 0) is 0 Å². The van der Waals surface area contributed by atoms with Crippen LogP contribution in [0.1, 0.15) is 13.8 Å². The van der Waals surface area contributed by atoms with Gasteiger partial charge in [0.05, 0.1) is 11.4 Å². The number of halogens is 1. The second kappa shape index (κ2) is 3.48. The van der Waals surface area contributed by atoms with Crippen molar-refractivity contribution in [3.63, 3.8) is 0 Å². The molecular formula is C11H15FN2. The average Bonchev–Trinajstić information content (AvgIpc) is 2.19. The summed E-state index contributed by atoms with van der Waals surface area (Å²) in [6.45, 7) is 5.88. The van der Waals surface area contributed by atoms with E-state index in [1.54, 1.807) is 6.07 Å². The molecule has 1 N–H and O–H groups in total. The van der Waals surface area contributed by atoms with E-state index >= 15 is 0 Å². The van der Waals surface area contributed by atoms with Crippen molar-refractivity contribution >= 4 is 11.4 Å². The number of hydrogen-bond donors (Lipinski definition) is 1. The molecule has 1 aliphatic heterocycles. The minimum absolute atomic E-state index is 0.136. The zero-order valence-electron chi connectivity index (χ0n) is 8.55. The third-order valence-electron chi connectivity index (χ3n) is 2.73. The van der Waals surface area contributed by atoms with Gasteiger partial charge in [-0.1, -0.05) is 6.07 Å². The first-order chi connectivity index (χ1) is 6.74. The van der Waals surface area contributed by atoms with Gasteiger partial charge in [-0.15, -0.1) is 0 Å². The highest BCUT2D eigenvalue weighted by atomic mass is 19.1. The maximum Gasteiger partial charge on any atom is 0.148 e. The Hall–Kier alpha value is -1.25. The Kier molecular flexibility index (Phi) is 2.32. The van der Waals surface area contributed by atoms with Gasteiger partial charge in [-0.2, -0.15) is 0 Å². The number of hydrogen-bond acceptors (Lipinski definition) is 2. The summed E-state index contributed by atoms with van der Waals surface area (Å²) >= 11 is 0. The number of para-hydroxylation sites is 1. The lowest BCUT2D eigenvalue weighted by Gasteiger charge is -2.37. The van der Waals surface area contributed by atoms with Crippen LogP contribution in [0.3, 0.4) is 0 Å². The van der Waals surface area contributed by atoms with Gasteiger partial charge in [0, 0.05) is 19.1 Å². The normalized spacial score (nSPS) is 20.2. The lowest BCUT2D eigenvalue weighted by molar-refractivity contribution is 0.590. The van der Waals surface area contributed by atoms with Gasteiger partial charge in [-0.25, -0.2) is 4.39 Å². The quantitative estimate of drug-likeness (QED) is 0.738. The van der Waals surface area contributed by atoms with Crippen molar-refractivity contribution in [3.05, 3.63) is 24.0 Å². The van der Waals surface area contributed by atoms with Crippen LogP contribution in [0.25, 0.3) is 0 Å². The smallest absolute Gasteiger partial charge is 0.148 e. The number of nitrogens with zero attached hydrogens (tertiary/aromatic N) is 1. The summed E-state index contributed by atoms with van der Waals surface area (Å²) in [5.41, 5.74) is 1.62. The Balaban J connectivity index is 2.49. The Bertz CT molecular complexity index is 338. The molecule has 1 aromatic carbocycles. The van der Waals surface area contributed by atoms with Gasteiger partial charge < -0.3 is 10.2 Å². The van der Waals surface area contributed by atoms with Crippen LogP contribution < -0.4 is 10.2 Å². The van der Waals surface area contributed by atoms with E-state index < -0.39 is 0 Å². The minimum Gasteiger partial charge on any atom is -0.381 e. The predicted molar refractivity (Wildman–Crippen MR) is 57.4 cm³/mol. The highest BCUT2D eigenvalue weighted by molar-refractivity contribution is 5.73. The largest absolute Gasteiger partial charge is 0.381 e. The van der Waals surface area contributed by atoms with Gasteiger partial charge >= 0.3 is 0 Å². The minimum atomic E-state index is -0.136. The van der Waals surface area contributed by atoms with Crippen molar-refractivity contribution in [3.8, 4) is 0 Å². The summed E-state index contributed by atoms with van der Waals surface area (Å²) in [5.74, 6) is -0.136. The molecule has 0 aromatic heterocycles. The monoisotopic (exact) mass is 194 g/mol. The van der Waals surface area contributed by atoms with E-state index in [4.69, 9.17) is 0 Å². The van der Waals surface area contributed by atoms with Crippen LogP contribution in [0, 0.1) is 5.82 Å². The molecular weight excluding hydrogens is 179 g/mol. The summed E-state index contributed by atoms with van der Waals surface area (Å²) in [7, 11) is 0. The molecule has 0 radical (unpaired) electrons. The molecule has 0 aliphatic carbocycles. The number of rotatable bonds is 1. The van der Waals surface area contributed by atoms with Gasteiger partial charge in [0.2, 0.25) is 0 Å². The third kappa shape index (κ3) is 1.33. The molecule has 1 aliphatic rings. The Morgan fingerprint density at radius 2 is 2.36 bits per heavy atom. The standard InChI is InChI=1S/C11H15FN2/c1-3-14-8(2)7-13-10-6-4-5-9(12)11(10)14/h4-6,8,13H,3,7H2,1-2H3. The van der Waals surface area contributed by atoms with Crippen LogP contribution in [0.4, 0.5) is 15.8 Å². The topological polar surface area (TPSA) is 15.3 Å². The summed E-state index contributed by atoms with van der Waals surface area (Å²) < 4.78 is 13.6. The highest BCUT2D eigenvalue weighted by Crippen LogP contribution is 2.33. The van der Waals surface area contributed by atoms with Crippen LogP contribution in [0.15, 0.2) is 18.2 Å². The molecule has 0 spiro atoms. The maximum atomic E-state index is 13.6. The van der Waals surface area contributed by atoms with E-state index in [9.17, 15) is 4.39 Å².